The maximum atomic E-state index is 10.6. The van der Waals surface area contributed by atoms with Gasteiger partial charge in [-0.15, -0.1) is 0 Å². The summed E-state index contributed by atoms with van der Waals surface area (Å²) in [6.07, 6.45) is 9.62. The number of carbonyl (C=O) groups is 1. The first-order chi connectivity index (χ1) is 7.24. The third kappa shape index (κ3) is 1.20. The topological polar surface area (TPSA) is 26.3 Å². The van der Waals surface area contributed by atoms with Crippen molar-refractivity contribution in [1.82, 2.24) is 0 Å². The van der Waals surface area contributed by atoms with Crippen LogP contribution < -0.4 is 0 Å². The van der Waals surface area contributed by atoms with E-state index < -0.39 is 0 Å². The Kier molecular flexibility index (Phi) is 1.95. The molecule has 0 aromatic rings. The van der Waals surface area contributed by atoms with Gasteiger partial charge in [-0.05, 0) is 50.4 Å². The lowest BCUT2D eigenvalue weighted by Gasteiger charge is -2.45. The molecule has 0 aromatic heterocycles. The minimum atomic E-state index is -0.186. The van der Waals surface area contributed by atoms with Gasteiger partial charge >= 0.3 is 0 Å². The Morgan fingerprint density at radius 3 is 3.00 bits per heavy atom. The van der Waals surface area contributed by atoms with Gasteiger partial charge in [0, 0.05) is 5.92 Å². The second kappa shape index (κ2) is 3.10. The van der Waals surface area contributed by atoms with Crippen LogP contribution in [-0.4, -0.2) is 12.1 Å². The van der Waals surface area contributed by atoms with Gasteiger partial charge in [0.25, 0.3) is 6.47 Å². The number of hydrogen-bond acceptors (Lipinski definition) is 2. The normalized spacial score (nSPS) is 51.5. The molecule has 0 aromatic carbocycles. The number of fused-ring (bicyclic) bond motifs is 5. The Hall–Kier alpha value is -0.790. The maximum Gasteiger partial charge on any atom is 0.293 e. The largest absolute Gasteiger partial charge is 0.461 e. The van der Waals surface area contributed by atoms with Crippen molar-refractivity contribution in [2.45, 2.75) is 38.2 Å². The van der Waals surface area contributed by atoms with E-state index in [-0.39, 0.29) is 5.60 Å². The van der Waals surface area contributed by atoms with Crippen molar-refractivity contribution in [2.24, 2.45) is 23.7 Å². The van der Waals surface area contributed by atoms with Gasteiger partial charge < -0.3 is 4.74 Å². The molecule has 3 aliphatic carbocycles. The molecule has 0 amide bonds. The van der Waals surface area contributed by atoms with Crippen LogP contribution in [0.4, 0.5) is 0 Å². The Morgan fingerprint density at radius 2 is 2.20 bits per heavy atom. The second-order valence-electron chi connectivity index (χ2n) is 5.56. The maximum absolute atomic E-state index is 10.6. The highest BCUT2D eigenvalue weighted by Crippen LogP contribution is 2.58. The molecule has 2 saturated carbocycles. The van der Waals surface area contributed by atoms with Crippen LogP contribution in [-0.2, 0) is 9.53 Å². The molecule has 15 heavy (non-hydrogen) atoms. The van der Waals surface area contributed by atoms with Gasteiger partial charge in [-0.2, -0.15) is 0 Å². The Bertz CT molecular complexity index is 310. The van der Waals surface area contributed by atoms with Gasteiger partial charge in [0.15, 0.2) is 0 Å². The Balaban J connectivity index is 1.92. The number of hydrogen-bond donors (Lipinski definition) is 0. The van der Waals surface area contributed by atoms with E-state index in [4.69, 9.17) is 4.74 Å². The monoisotopic (exact) mass is 206 g/mol. The van der Waals surface area contributed by atoms with E-state index in [1.807, 2.05) is 0 Å². The summed E-state index contributed by atoms with van der Waals surface area (Å²) in [7, 11) is 0. The average Bonchev–Trinajstić information content (AvgIpc) is 2.78. The predicted octanol–water partition coefficient (Wildman–Crippen LogP) is 2.54. The van der Waals surface area contributed by atoms with Crippen molar-refractivity contribution in [2.75, 3.05) is 0 Å². The molecule has 3 rings (SSSR count). The molecule has 2 fully saturated rings. The van der Waals surface area contributed by atoms with Crippen LogP contribution >= 0.6 is 0 Å². The van der Waals surface area contributed by atoms with Gasteiger partial charge in [-0.1, -0.05) is 12.2 Å². The molecule has 5 unspecified atom stereocenters. The minimum Gasteiger partial charge on any atom is -0.461 e. The summed E-state index contributed by atoms with van der Waals surface area (Å²) < 4.78 is 5.42. The van der Waals surface area contributed by atoms with Crippen molar-refractivity contribution in [3.8, 4) is 0 Å². The van der Waals surface area contributed by atoms with Crippen LogP contribution in [0, 0.1) is 23.7 Å². The fraction of sp³-hybridized carbons (Fsp3) is 0.769. The first-order valence-electron chi connectivity index (χ1n) is 6.04. The van der Waals surface area contributed by atoms with Crippen LogP contribution in [0.3, 0.4) is 0 Å². The first-order valence-corrected chi connectivity index (χ1v) is 6.04. The summed E-state index contributed by atoms with van der Waals surface area (Å²) >= 11 is 0. The highest BCUT2D eigenvalue weighted by molar-refractivity contribution is 5.39. The average molecular weight is 206 g/mol. The number of carbonyl (C=O) groups excluding carboxylic acids is 1. The van der Waals surface area contributed by atoms with Crippen molar-refractivity contribution >= 4 is 6.47 Å². The fourth-order valence-electron chi connectivity index (χ4n) is 4.33. The van der Waals surface area contributed by atoms with Crippen molar-refractivity contribution in [1.29, 1.82) is 0 Å². The fourth-order valence-corrected chi connectivity index (χ4v) is 4.33. The lowest BCUT2D eigenvalue weighted by Crippen LogP contribution is -2.46. The summed E-state index contributed by atoms with van der Waals surface area (Å²) in [6.45, 7) is 2.78. The van der Waals surface area contributed by atoms with Crippen LogP contribution in [0.5, 0.6) is 0 Å². The predicted molar refractivity (Wildman–Crippen MR) is 57.1 cm³/mol. The molecule has 0 N–H and O–H groups in total. The van der Waals surface area contributed by atoms with Gasteiger partial charge in [0.1, 0.15) is 5.60 Å². The quantitative estimate of drug-likeness (QED) is 0.512. The minimum absolute atomic E-state index is 0.186. The number of ether oxygens (including phenoxy) is 1. The summed E-state index contributed by atoms with van der Waals surface area (Å²) in [5, 5.41) is 0. The standard InChI is InChI=1S/C13H18O2/c1-13(15-8-14)6-2-3-11-9-4-5-10(7-9)12(11)13/h4-5,8-12H,2-3,6-7H2,1H3. The Labute approximate surface area is 90.7 Å². The van der Waals surface area contributed by atoms with Gasteiger partial charge in [-0.3, -0.25) is 4.79 Å². The summed E-state index contributed by atoms with van der Waals surface area (Å²) in [6, 6.07) is 0. The number of allylic oxidation sites excluding steroid dienone is 2. The molecule has 0 radical (unpaired) electrons. The molecule has 3 aliphatic rings. The molecule has 2 heteroatoms. The van der Waals surface area contributed by atoms with Gasteiger partial charge in [0.2, 0.25) is 0 Å². The van der Waals surface area contributed by atoms with E-state index in [1.54, 1.807) is 0 Å². The van der Waals surface area contributed by atoms with E-state index in [2.05, 4.69) is 19.1 Å². The highest BCUT2D eigenvalue weighted by atomic mass is 16.5. The highest BCUT2D eigenvalue weighted by Gasteiger charge is 2.55. The second-order valence-corrected chi connectivity index (χ2v) is 5.56. The molecule has 5 atom stereocenters. The SMILES string of the molecule is CC1(OC=O)CCCC2C3C=CC(C3)C21. The molecule has 0 saturated heterocycles. The zero-order valence-electron chi connectivity index (χ0n) is 9.19. The molecule has 0 heterocycles. The lowest BCUT2D eigenvalue weighted by atomic mass is 9.65. The third-order valence-corrected chi connectivity index (χ3v) is 4.86. The third-order valence-electron chi connectivity index (χ3n) is 4.86. The zero-order valence-corrected chi connectivity index (χ0v) is 9.19. The van der Waals surface area contributed by atoms with Gasteiger partial charge in [0.05, 0.1) is 0 Å². The van der Waals surface area contributed by atoms with Crippen LogP contribution in [0.25, 0.3) is 0 Å². The Morgan fingerprint density at radius 1 is 1.40 bits per heavy atom. The van der Waals surface area contributed by atoms with E-state index in [9.17, 15) is 4.79 Å². The van der Waals surface area contributed by atoms with Crippen LogP contribution in [0.1, 0.15) is 32.6 Å². The summed E-state index contributed by atoms with van der Waals surface area (Å²) in [5.74, 6) is 2.81. The van der Waals surface area contributed by atoms with Crippen molar-refractivity contribution < 1.29 is 9.53 Å². The van der Waals surface area contributed by atoms with E-state index >= 15 is 0 Å². The molecule has 0 spiro atoms. The zero-order chi connectivity index (χ0) is 10.5. The van der Waals surface area contributed by atoms with Crippen molar-refractivity contribution in [3.05, 3.63) is 12.2 Å². The summed E-state index contributed by atoms with van der Waals surface area (Å²) in [4.78, 5) is 10.6. The van der Waals surface area contributed by atoms with Crippen molar-refractivity contribution in [3.63, 3.8) is 0 Å². The first kappa shape index (κ1) is 9.44. The van der Waals surface area contributed by atoms with Crippen LogP contribution in [0.2, 0.25) is 0 Å². The van der Waals surface area contributed by atoms with Crippen LogP contribution in [0.15, 0.2) is 12.2 Å². The molecular weight excluding hydrogens is 188 g/mol. The lowest BCUT2D eigenvalue weighted by molar-refractivity contribution is -0.156. The molecule has 2 bridgehead atoms. The summed E-state index contributed by atoms with van der Waals surface area (Å²) in [5.41, 5.74) is -0.186. The van der Waals surface area contributed by atoms with E-state index in [0.717, 1.165) is 18.3 Å². The van der Waals surface area contributed by atoms with E-state index in [0.29, 0.717) is 18.3 Å². The van der Waals surface area contributed by atoms with E-state index in [1.165, 1.54) is 19.3 Å². The molecule has 82 valence electrons. The smallest absolute Gasteiger partial charge is 0.293 e. The molecular formula is C13H18O2. The van der Waals surface area contributed by atoms with Gasteiger partial charge in [-0.25, -0.2) is 0 Å². The number of rotatable bonds is 2. The molecule has 2 nitrogen and oxygen atoms in total. The molecule has 0 aliphatic heterocycles.